The number of hydrogen-bond acceptors (Lipinski definition) is 4. The molecule has 38 heavy (non-hydrogen) atoms. The number of rotatable bonds is 5. The molecule has 0 radical (unpaired) electrons. The van der Waals surface area contributed by atoms with Crippen molar-refractivity contribution in [1.29, 1.82) is 0 Å². The van der Waals surface area contributed by atoms with Gasteiger partial charge in [-0.25, -0.2) is 0 Å². The monoisotopic (exact) mass is 527 g/mol. The van der Waals surface area contributed by atoms with Crippen molar-refractivity contribution in [3.8, 4) is 0 Å². The van der Waals surface area contributed by atoms with Crippen molar-refractivity contribution in [2.45, 2.75) is 51.1 Å². The van der Waals surface area contributed by atoms with Crippen molar-refractivity contribution in [2.24, 2.45) is 5.92 Å². The van der Waals surface area contributed by atoms with Gasteiger partial charge < -0.3 is 9.80 Å². The molecular formula is C32H37N3O2S. The maximum absolute atomic E-state index is 13.9. The van der Waals surface area contributed by atoms with Gasteiger partial charge in [0.2, 0.25) is 11.8 Å². The van der Waals surface area contributed by atoms with Crippen molar-refractivity contribution in [1.82, 2.24) is 14.7 Å². The zero-order valence-electron chi connectivity index (χ0n) is 22.4. The molecule has 198 valence electrons. The van der Waals surface area contributed by atoms with Gasteiger partial charge >= 0.3 is 0 Å². The average molecular weight is 528 g/mol. The molecule has 0 bridgehead atoms. The zero-order valence-corrected chi connectivity index (χ0v) is 23.2. The third-order valence-corrected chi connectivity index (χ3v) is 9.79. The summed E-state index contributed by atoms with van der Waals surface area (Å²) < 4.78 is 0. The number of carbonyl (C=O) groups is 2. The average Bonchev–Trinajstić information content (AvgIpc) is 3.67. The normalized spacial score (nSPS) is 24.4. The number of amides is 2. The Morgan fingerprint density at radius 2 is 1.61 bits per heavy atom. The highest BCUT2D eigenvalue weighted by Gasteiger charge is 2.46. The molecule has 1 aliphatic carbocycles. The summed E-state index contributed by atoms with van der Waals surface area (Å²) >= 11 is 1.83. The Morgan fingerprint density at radius 1 is 0.868 bits per heavy atom. The van der Waals surface area contributed by atoms with Gasteiger partial charge in [0.1, 0.15) is 0 Å². The van der Waals surface area contributed by atoms with Gasteiger partial charge in [-0.1, -0.05) is 54.6 Å². The largest absolute Gasteiger partial charge is 0.341 e. The van der Waals surface area contributed by atoms with Crippen LogP contribution in [0.3, 0.4) is 0 Å². The molecule has 0 unspecified atom stereocenters. The molecule has 3 aliphatic rings. The van der Waals surface area contributed by atoms with Crippen LogP contribution in [0.1, 0.15) is 58.9 Å². The maximum Gasteiger partial charge on any atom is 0.239 e. The van der Waals surface area contributed by atoms with Crippen molar-refractivity contribution in [3.05, 3.63) is 93.2 Å². The summed E-state index contributed by atoms with van der Waals surface area (Å²) in [6.07, 6.45) is 2.76. The van der Waals surface area contributed by atoms with Crippen molar-refractivity contribution in [2.75, 3.05) is 32.7 Å². The predicted octanol–water partition coefficient (Wildman–Crippen LogP) is 5.26. The Morgan fingerprint density at radius 3 is 2.42 bits per heavy atom. The van der Waals surface area contributed by atoms with Gasteiger partial charge in [0, 0.05) is 43.5 Å². The zero-order chi connectivity index (χ0) is 26.2. The molecule has 4 atom stereocenters. The molecule has 5 nitrogen and oxygen atoms in total. The van der Waals surface area contributed by atoms with Crippen LogP contribution in [0, 0.1) is 12.8 Å². The van der Waals surface area contributed by atoms with Gasteiger partial charge in [0.05, 0.1) is 12.1 Å². The summed E-state index contributed by atoms with van der Waals surface area (Å²) in [7, 11) is 0. The first-order valence-corrected chi connectivity index (χ1v) is 14.9. The quantitative estimate of drug-likeness (QED) is 0.455. The van der Waals surface area contributed by atoms with Crippen molar-refractivity contribution in [3.63, 3.8) is 0 Å². The first-order valence-electron chi connectivity index (χ1n) is 14.0. The third kappa shape index (κ3) is 4.80. The molecule has 0 N–H and O–H groups in total. The molecule has 2 aliphatic heterocycles. The molecule has 6 heteroatoms. The van der Waals surface area contributed by atoms with E-state index in [1.54, 1.807) is 0 Å². The minimum atomic E-state index is -0.221. The van der Waals surface area contributed by atoms with Crippen LogP contribution < -0.4 is 0 Å². The summed E-state index contributed by atoms with van der Waals surface area (Å²) in [5.74, 6) is 0.901. The Bertz CT molecular complexity index is 1300. The molecule has 2 amide bonds. The van der Waals surface area contributed by atoms with Crippen molar-refractivity contribution >= 4 is 23.2 Å². The van der Waals surface area contributed by atoms with Gasteiger partial charge in [-0.05, 0) is 72.7 Å². The first-order chi connectivity index (χ1) is 18.5. The van der Waals surface area contributed by atoms with E-state index >= 15 is 0 Å². The van der Waals surface area contributed by atoms with Crippen LogP contribution in [0.5, 0.6) is 0 Å². The fourth-order valence-electron chi connectivity index (χ4n) is 6.53. The number of fused-ring (bicyclic) bond motifs is 1. The first kappa shape index (κ1) is 25.3. The fourth-order valence-corrected chi connectivity index (χ4v) is 7.43. The lowest BCUT2D eigenvalue weighted by molar-refractivity contribution is -0.138. The lowest BCUT2D eigenvalue weighted by atomic mass is 9.89. The molecular weight excluding hydrogens is 490 g/mol. The Kier molecular flexibility index (Phi) is 7.10. The molecule has 3 aromatic rings. The smallest absolute Gasteiger partial charge is 0.239 e. The van der Waals surface area contributed by atoms with Crippen LogP contribution in [0.15, 0.2) is 66.0 Å². The van der Waals surface area contributed by atoms with Crippen LogP contribution in [0.2, 0.25) is 0 Å². The molecule has 3 heterocycles. The molecule has 6 rings (SSSR count). The van der Waals surface area contributed by atoms with E-state index < -0.39 is 0 Å². The summed E-state index contributed by atoms with van der Waals surface area (Å²) in [4.78, 5) is 35.1. The SMILES string of the molecule is Cc1ccccc1[C@@H]1c2ccsc2CCN1[C@H](C)C(=O)N1CCCN(C(=O)[C@H]2C[C@H]2c2ccccc2)CC1. The Hall–Kier alpha value is -2.96. The van der Waals surface area contributed by atoms with Gasteiger partial charge in [-0.2, -0.15) is 0 Å². The number of nitrogens with zero attached hydrogens (tertiary/aromatic N) is 3. The topological polar surface area (TPSA) is 43.9 Å². The summed E-state index contributed by atoms with van der Waals surface area (Å²) in [6.45, 7) is 7.82. The number of benzene rings is 2. The number of thiophene rings is 1. The fraction of sp³-hybridized carbons (Fsp3) is 0.438. The van der Waals surface area contributed by atoms with E-state index in [-0.39, 0.29) is 29.8 Å². The van der Waals surface area contributed by atoms with E-state index in [0.29, 0.717) is 25.6 Å². The lowest BCUT2D eigenvalue weighted by Crippen LogP contribution is -2.51. The summed E-state index contributed by atoms with van der Waals surface area (Å²) in [5.41, 5.74) is 5.17. The van der Waals surface area contributed by atoms with E-state index in [1.165, 1.54) is 27.1 Å². The maximum atomic E-state index is 13.9. The molecule has 0 spiro atoms. The summed E-state index contributed by atoms with van der Waals surface area (Å²) in [5, 5.41) is 2.19. The highest BCUT2D eigenvalue weighted by atomic mass is 32.1. The van der Waals surface area contributed by atoms with Crippen LogP contribution in [-0.2, 0) is 16.0 Å². The van der Waals surface area contributed by atoms with Gasteiger partial charge in [0.15, 0.2) is 0 Å². The minimum absolute atomic E-state index is 0.0972. The molecule has 2 aromatic carbocycles. The lowest BCUT2D eigenvalue weighted by Gasteiger charge is -2.41. The molecule has 2 fully saturated rings. The van der Waals surface area contributed by atoms with E-state index in [9.17, 15) is 9.59 Å². The molecule has 1 saturated heterocycles. The van der Waals surface area contributed by atoms with Gasteiger partial charge in [0.25, 0.3) is 0 Å². The number of hydrogen-bond donors (Lipinski definition) is 0. The second kappa shape index (κ2) is 10.7. The van der Waals surface area contributed by atoms with E-state index in [0.717, 1.165) is 32.4 Å². The van der Waals surface area contributed by atoms with E-state index in [4.69, 9.17) is 0 Å². The van der Waals surface area contributed by atoms with Crippen molar-refractivity contribution < 1.29 is 9.59 Å². The standard InChI is InChI=1S/C32H37N3O2S/c1-22-9-6-7-12-25(22)30-26-14-20-38-29(26)13-17-35(30)23(2)31(36)33-15-8-16-34(19-18-33)32(37)28-21-27(28)24-10-4-3-5-11-24/h3-7,9-12,14,20,23,27-28,30H,8,13,15-19,21H2,1-2H3/t23-,27+,28+,30-/m1/s1. The summed E-state index contributed by atoms with van der Waals surface area (Å²) in [6, 6.07) is 21.1. The van der Waals surface area contributed by atoms with Crippen LogP contribution >= 0.6 is 11.3 Å². The second-order valence-corrected chi connectivity index (χ2v) is 12.1. The second-order valence-electron chi connectivity index (χ2n) is 11.1. The highest BCUT2D eigenvalue weighted by molar-refractivity contribution is 7.10. The Labute approximate surface area is 230 Å². The van der Waals surface area contributed by atoms with E-state index in [1.807, 2.05) is 27.2 Å². The molecule has 1 aromatic heterocycles. The predicted molar refractivity (Wildman–Crippen MR) is 152 cm³/mol. The van der Waals surface area contributed by atoms with Gasteiger partial charge in [-0.3, -0.25) is 14.5 Å². The van der Waals surface area contributed by atoms with Crippen LogP contribution in [-0.4, -0.2) is 65.3 Å². The van der Waals surface area contributed by atoms with E-state index in [2.05, 4.69) is 78.7 Å². The minimum Gasteiger partial charge on any atom is -0.341 e. The third-order valence-electron chi connectivity index (χ3n) is 8.80. The van der Waals surface area contributed by atoms with Crippen LogP contribution in [0.25, 0.3) is 0 Å². The number of aryl methyl sites for hydroxylation is 1. The number of carbonyl (C=O) groups excluding carboxylic acids is 2. The molecule has 1 saturated carbocycles. The van der Waals surface area contributed by atoms with Crippen LogP contribution in [0.4, 0.5) is 0 Å². The Balaban J connectivity index is 1.14. The highest BCUT2D eigenvalue weighted by Crippen LogP contribution is 2.48. The van der Waals surface area contributed by atoms with Gasteiger partial charge in [-0.15, -0.1) is 11.3 Å².